The molecule has 0 saturated carbocycles. The Morgan fingerprint density at radius 2 is 1.78 bits per heavy atom. The van der Waals surface area contributed by atoms with E-state index in [9.17, 15) is 9.18 Å². The average molecular weight is 481 g/mol. The van der Waals surface area contributed by atoms with Crippen LogP contribution in [0, 0.1) is 5.82 Å². The predicted octanol–water partition coefficient (Wildman–Crippen LogP) is 5.84. The van der Waals surface area contributed by atoms with Crippen molar-refractivity contribution in [1.82, 2.24) is 14.9 Å². The summed E-state index contributed by atoms with van der Waals surface area (Å²) in [5.74, 6) is 0.810. The van der Waals surface area contributed by atoms with Crippen LogP contribution in [-0.4, -0.2) is 27.8 Å². The molecular formula is C29H25FN4O2. The molecule has 0 aliphatic heterocycles. The molecule has 0 atom stereocenters. The van der Waals surface area contributed by atoms with Gasteiger partial charge in [0, 0.05) is 31.1 Å². The Labute approximate surface area is 208 Å². The molecule has 180 valence electrons. The van der Waals surface area contributed by atoms with E-state index in [-0.39, 0.29) is 24.7 Å². The second-order valence-corrected chi connectivity index (χ2v) is 8.61. The SMILES string of the molecule is CN(Cc1cc(-c2ccc3ncnc(NCc4ccccc4)c3c2)ccc1F)C(=O)Cc1ccco1. The van der Waals surface area contributed by atoms with Gasteiger partial charge in [0.15, 0.2) is 0 Å². The topological polar surface area (TPSA) is 71.3 Å². The summed E-state index contributed by atoms with van der Waals surface area (Å²) in [6, 6.07) is 24.4. The summed E-state index contributed by atoms with van der Waals surface area (Å²) in [7, 11) is 1.66. The molecule has 5 aromatic rings. The lowest BCUT2D eigenvalue weighted by Crippen LogP contribution is -2.28. The van der Waals surface area contributed by atoms with Crippen LogP contribution in [-0.2, 0) is 24.3 Å². The van der Waals surface area contributed by atoms with Crippen molar-refractivity contribution < 1.29 is 13.6 Å². The van der Waals surface area contributed by atoms with E-state index in [0.29, 0.717) is 17.9 Å². The summed E-state index contributed by atoms with van der Waals surface area (Å²) in [5.41, 5.74) is 4.16. The van der Waals surface area contributed by atoms with Crippen molar-refractivity contribution in [2.24, 2.45) is 0 Å². The molecule has 0 bridgehead atoms. The monoisotopic (exact) mass is 480 g/mol. The van der Waals surface area contributed by atoms with E-state index in [1.807, 2.05) is 36.4 Å². The summed E-state index contributed by atoms with van der Waals surface area (Å²) in [6.45, 7) is 0.788. The van der Waals surface area contributed by atoms with Gasteiger partial charge in [-0.2, -0.15) is 0 Å². The highest BCUT2D eigenvalue weighted by molar-refractivity contribution is 5.92. The molecule has 2 aromatic heterocycles. The number of aromatic nitrogens is 2. The number of benzene rings is 3. The summed E-state index contributed by atoms with van der Waals surface area (Å²) in [6.07, 6.45) is 3.21. The number of amides is 1. The molecule has 0 radical (unpaired) electrons. The Morgan fingerprint density at radius 3 is 2.58 bits per heavy atom. The lowest BCUT2D eigenvalue weighted by molar-refractivity contribution is -0.130. The fourth-order valence-electron chi connectivity index (χ4n) is 4.08. The van der Waals surface area contributed by atoms with Gasteiger partial charge in [-0.25, -0.2) is 14.4 Å². The third-order valence-electron chi connectivity index (χ3n) is 6.06. The molecule has 1 N–H and O–H groups in total. The Kier molecular flexibility index (Phi) is 6.71. The number of fused-ring (bicyclic) bond motifs is 1. The lowest BCUT2D eigenvalue weighted by Gasteiger charge is -2.18. The standard InChI is InChI=1S/C29H25FN4O2/c1-34(28(35)16-24-8-5-13-36-24)18-23-14-21(9-11-26(23)30)22-10-12-27-25(15-22)29(33-19-32-27)31-17-20-6-3-2-4-7-20/h2-15,19H,16-18H2,1H3,(H,31,32,33). The van der Waals surface area contributed by atoms with Gasteiger partial charge in [-0.3, -0.25) is 4.79 Å². The smallest absolute Gasteiger partial charge is 0.230 e. The number of furan rings is 1. The van der Waals surface area contributed by atoms with Gasteiger partial charge in [0.2, 0.25) is 5.91 Å². The molecular weight excluding hydrogens is 455 g/mol. The van der Waals surface area contributed by atoms with Gasteiger partial charge in [0.1, 0.15) is 23.7 Å². The number of hydrogen-bond donors (Lipinski definition) is 1. The number of nitrogens with one attached hydrogen (secondary N) is 1. The van der Waals surface area contributed by atoms with E-state index in [0.717, 1.165) is 33.4 Å². The number of carbonyl (C=O) groups excluding carboxylic acids is 1. The van der Waals surface area contributed by atoms with Gasteiger partial charge in [-0.05, 0) is 53.1 Å². The van der Waals surface area contributed by atoms with Crippen LogP contribution in [0.2, 0.25) is 0 Å². The molecule has 3 aromatic carbocycles. The highest BCUT2D eigenvalue weighted by Crippen LogP contribution is 2.29. The van der Waals surface area contributed by atoms with Crippen LogP contribution in [0.15, 0.2) is 95.9 Å². The summed E-state index contributed by atoms with van der Waals surface area (Å²) >= 11 is 0. The number of likely N-dealkylation sites (N-methyl/N-ethyl adjacent to an activating group) is 1. The van der Waals surface area contributed by atoms with Crippen molar-refractivity contribution in [3.63, 3.8) is 0 Å². The highest BCUT2D eigenvalue weighted by atomic mass is 19.1. The first-order valence-corrected chi connectivity index (χ1v) is 11.6. The molecule has 1 amide bonds. The second-order valence-electron chi connectivity index (χ2n) is 8.61. The first kappa shape index (κ1) is 23.2. The molecule has 0 unspecified atom stereocenters. The van der Waals surface area contributed by atoms with Crippen LogP contribution in [0.3, 0.4) is 0 Å². The molecule has 0 spiro atoms. The number of anilines is 1. The van der Waals surface area contributed by atoms with Crippen LogP contribution < -0.4 is 5.32 Å². The highest BCUT2D eigenvalue weighted by Gasteiger charge is 2.15. The maximum absolute atomic E-state index is 14.7. The van der Waals surface area contributed by atoms with Crippen LogP contribution in [0.1, 0.15) is 16.9 Å². The van der Waals surface area contributed by atoms with Gasteiger partial charge in [0.25, 0.3) is 0 Å². The third kappa shape index (κ3) is 5.25. The molecule has 0 saturated heterocycles. The van der Waals surface area contributed by atoms with Gasteiger partial charge in [0.05, 0.1) is 18.2 Å². The van der Waals surface area contributed by atoms with Crippen LogP contribution in [0.25, 0.3) is 22.0 Å². The number of halogens is 1. The molecule has 6 nitrogen and oxygen atoms in total. The first-order valence-electron chi connectivity index (χ1n) is 11.6. The quantitative estimate of drug-likeness (QED) is 0.302. The first-order chi connectivity index (χ1) is 17.6. The minimum Gasteiger partial charge on any atom is -0.469 e. The minimum atomic E-state index is -0.356. The van der Waals surface area contributed by atoms with E-state index >= 15 is 0 Å². The zero-order chi connectivity index (χ0) is 24.9. The molecule has 5 rings (SSSR count). The zero-order valence-electron chi connectivity index (χ0n) is 19.8. The molecule has 0 fully saturated rings. The van der Waals surface area contributed by atoms with E-state index < -0.39 is 0 Å². The van der Waals surface area contributed by atoms with E-state index in [1.54, 1.807) is 37.6 Å². The average Bonchev–Trinajstić information content (AvgIpc) is 3.42. The van der Waals surface area contributed by atoms with E-state index in [1.165, 1.54) is 17.2 Å². The van der Waals surface area contributed by atoms with Gasteiger partial charge in [-0.1, -0.05) is 42.5 Å². The number of carbonyl (C=O) groups is 1. The van der Waals surface area contributed by atoms with Crippen LogP contribution >= 0.6 is 0 Å². The van der Waals surface area contributed by atoms with Crippen molar-refractivity contribution >= 4 is 22.6 Å². The maximum Gasteiger partial charge on any atom is 0.230 e. The Hall–Kier alpha value is -4.52. The van der Waals surface area contributed by atoms with Crippen molar-refractivity contribution in [3.8, 4) is 11.1 Å². The minimum absolute atomic E-state index is 0.133. The van der Waals surface area contributed by atoms with Gasteiger partial charge < -0.3 is 14.6 Å². The van der Waals surface area contributed by atoms with E-state index in [2.05, 4.69) is 27.4 Å². The normalized spacial score (nSPS) is 10.9. The molecule has 36 heavy (non-hydrogen) atoms. The summed E-state index contributed by atoms with van der Waals surface area (Å²) in [4.78, 5) is 22.9. The maximum atomic E-state index is 14.7. The third-order valence-corrected chi connectivity index (χ3v) is 6.06. The Morgan fingerprint density at radius 1 is 0.972 bits per heavy atom. The molecule has 2 heterocycles. The van der Waals surface area contributed by atoms with Gasteiger partial charge in [-0.15, -0.1) is 0 Å². The molecule has 0 aliphatic carbocycles. The molecule has 7 heteroatoms. The summed E-state index contributed by atoms with van der Waals surface area (Å²) < 4.78 is 19.9. The number of hydrogen-bond acceptors (Lipinski definition) is 5. The van der Waals surface area contributed by atoms with Crippen molar-refractivity contribution in [2.75, 3.05) is 12.4 Å². The summed E-state index contributed by atoms with van der Waals surface area (Å²) in [5, 5.41) is 4.27. The fraction of sp³-hybridized carbons (Fsp3) is 0.138. The van der Waals surface area contributed by atoms with Crippen molar-refractivity contribution in [2.45, 2.75) is 19.5 Å². The van der Waals surface area contributed by atoms with Crippen molar-refractivity contribution in [1.29, 1.82) is 0 Å². The lowest BCUT2D eigenvalue weighted by atomic mass is 10.0. The fourth-order valence-corrected chi connectivity index (χ4v) is 4.08. The number of nitrogens with zero attached hydrogens (tertiary/aromatic N) is 3. The Balaban J connectivity index is 1.38. The van der Waals surface area contributed by atoms with Crippen LogP contribution in [0.4, 0.5) is 10.2 Å². The Bertz CT molecular complexity index is 1490. The molecule has 0 aliphatic rings. The van der Waals surface area contributed by atoms with Crippen LogP contribution in [0.5, 0.6) is 0 Å². The number of rotatable bonds is 8. The van der Waals surface area contributed by atoms with Gasteiger partial charge >= 0.3 is 0 Å². The zero-order valence-corrected chi connectivity index (χ0v) is 19.8. The van der Waals surface area contributed by atoms with Crippen molar-refractivity contribution in [3.05, 3.63) is 114 Å². The largest absolute Gasteiger partial charge is 0.469 e. The predicted molar refractivity (Wildman–Crippen MR) is 138 cm³/mol. The second kappa shape index (κ2) is 10.4. The van der Waals surface area contributed by atoms with E-state index in [4.69, 9.17) is 4.42 Å².